The van der Waals surface area contributed by atoms with Crippen LogP contribution in [0, 0.1) is 0 Å². The molecule has 10 heteroatoms. The Hall–Kier alpha value is -2.43. The summed E-state index contributed by atoms with van der Waals surface area (Å²) in [6, 6.07) is 9.16. The van der Waals surface area contributed by atoms with Crippen molar-refractivity contribution < 1.29 is 22.7 Å². The van der Waals surface area contributed by atoms with E-state index in [4.69, 9.17) is 4.74 Å². The Bertz CT molecular complexity index is 1020. The van der Waals surface area contributed by atoms with E-state index in [1.54, 1.807) is 12.1 Å². The van der Waals surface area contributed by atoms with Gasteiger partial charge in [0.1, 0.15) is 17.7 Å². The van der Waals surface area contributed by atoms with Gasteiger partial charge in [-0.2, -0.15) is 0 Å². The molecule has 1 aliphatic heterocycles. The Morgan fingerprint density at radius 3 is 2.58 bits per heavy atom. The smallest absolute Gasteiger partial charge is 0.263 e. The molecule has 1 fully saturated rings. The number of rotatable bonds is 8. The molecule has 0 aliphatic carbocycles. The van der Waals surface area contributed by atoms with Gasteiger partial charge in [-0.05, 0) is 62.8 Å². The molecule has 3 rings (SSSR count). The lowest BCUT2D eigenvalue weighted by Crippen LogP contribution is -2.38. The number of anilines is 1. The third-order valence-corrected chi connectivity index (χ3v) is 6.93. The van der Waals surface area contributed by atoms with Crippen molar-refractivity contribution in [1.82, 2.24) is 9.88 Å². The summed E-state index contributed by atoms with van der Waals surface area (Å²) in [6.07, 6.45) is 3.44. The second-order valence-electron chi connectivity index (χ2n) is 7.36. The largest absolute Gasteiger partial charge is 0.489 e. The highest BCUT2D eigenvalue weighted by molar-refractivity contribution is 8.14. The van der Waals surface area contributed by atoms with E-state index < -0.39 is 10.0 Å². The number of nitrogens with one attached hydrogen (secondary N) is 1. The van der Waals surface area contributed by atoms with Crippen molar-refractivity contribution in [2.45, 2.75) is 30.8 Å². The topological polar surface area (TPSA) is 106 Å². The number of Topliss-reactive ketones (excluding diaryl/α,β-unsaturated/α-hetero) is 1. The molecule has 1 unspecified atom stereocenters. The number of piperidine rings is 1. The molecule has 31 heavy (non-hydrogen) atoms. The molecule has 2 aromatic rings. The molecule has 1 aromatic heterocycles. The number of hydrogen-bond acceptors (Lipinski definition) is 8. The molecule has 1 aliphatic rings. The van der Waals surface area contributed by atoms with E-state index >= 15 is 0 Å². The number of likely N-dealkylation sites (tertiary alicyclic amines) is 1. The fourth-order valence-electron chi connectivity index (χ4n) is 3.17. The molecular formula is C21H25N3O5S2. The molecule has 0 spiro atoms. The number of aromatic nitrogens is 1. The molecule has 1 atom stereocenters. The zero-order valence-corrected chi connectivity index (χ0v) is 19.0. The number of thioether (sulfide) groups is 1. The first-order chi connectivity index (χ1) is 14.7. The summed E-state index contributed by atoms with van der Waals surface area (Å²) in [5, 5.41) is -0.145. The van der Waals surface area contributed by atoms with Crippen molar-refractivity contribution in [3.8, 4) is 5.75 Å². The number of likely N-dealkylation sites (N-methyl/N-ethyl adjacent to an activating group) is 1. The van der Waals surface area contributed by atoms with Gasteiger partial charge in [0.05, 0.1) is 10.6 Å². The summed E-state index contributed by atoms with van der Waals surface area (Å²) in [5.41, 5.74) is 0.312. The molecule has 0 radical (unpaired) electrons. The van der Waals surface area contributed by atoms with Crippen LogP contribution in [-0.2, 0) is 14.8 Å². The Kier molecular flexibility index (Phi) is 7.69. The van der Waals surface area contributed by atoms with Crippen molar-refractivity contribution in [3.63, 3.8) is 0 Å². The van der Waals surface area contributed by atoms with Crippen LogP contribution in [0.15, 0.2) is 47.5 Å². The molecule has 2 heterocycles. The standard InChI is InChI=1S/C21H25N3O5S2/c1-15(25)30-14-20(26)16-5-10-21(22-12-16)23-31(27,28)19-8-6-17(7-9-19)29-18-4-3-11-24(2)13-18/h5-10,12,18H,3-4,11,13-14H2,1-2H3,(H,22,23). The predicted octanol–water partition coefficient (Wildman–Crippen LogP) is 2.82. The molecule has 0 bridgehead atoms. The fourth-order valence-corrected chi connectivity index (χ4v) is 4.68. The SMILES string of the molecule is CC(=O)SCC(=O)c1ccc(NS(=O)(=O)c2ccc(OC3CCCN(C)C3)cc2)nc1. The van der Waals surface area contributed by atoms with E-state index in [9.17, 15) is 18.0 Å². The van der Waals surface area contributed by atoms with Gasteiger partial charge < -0.3 is 9.64 Å². The van der Waals surface area contributed by atoms with Crippen LogP contribution < -0.4 is 9.46 Å². The minimum atomic E-state index is -3.84. The van der Waals surface area contributed by atoms with Gasteiger partial charge in [0.25, 0.3) is 10.0 Å². The van der Waals surface area contributed by atoms with Crippen molar-refractivity contribution in [2.24, 2.45) is 0 Å². The maximum absolute atomic E-state index is 12.6. The zero-order valence-electron chi connectivity index (χ0n) is 17.4. The first-order valence-electron chi connectivity index (χ1n) is 9.83. The summed E-state index contributed by atoms with van der Waals surface area (Å²) in [4.78, 5) is 29.3. The van der Waals surface area contributed by atoms with Crippen LogP contribution in [-0.4, -0.2) is 61.2 Å². The minimum Gasteiger partial charge on any atom is -0.489 e. The maximum atomic E-state index is 12.6. The first-order valence-corrected chi connectivity index (χ1v) is 12.3. The average Bonchev–Trinajstić information content (AvgIpc) is 2.73. The Morgan fingerprint density at radius 2 is 1.97 bits per heavy atom. The molecule has 166 valence electrons. The van der Waals surface area contributed by atoms with E-state index in [1.165, 1.54) is 37.4 Å². The number of nitrogens with zero attached hydrogens (tertiary/aromatic N) is 2. The zero-order chi connectivity index (χ0) is 22.4. The van der Waals surface area contributed by atoms with Crippen molar-refractivity contribution in [1.29, 1.82) is 0 Å². The number of sulfonamides is 1. The van der Waals surface area contributed by atoms with E-state index in [2.05, 4.69) is 21.7 Å². The molecule has 1 aromatic carbocycles. The summed E-state index contributed by atoms with van der Waals surface area (Å²) in [6.45, 7) is 3.30. The van der Waals surface area contributed by atoms with Gasteiger partial charge in [0.15, 0.2) is 10.9 Å². The second kappa shape index (κ2) is 10.3. The lowest BCUT2D eigenvalue weighted by molar-refractivity contribution is -0.109. The van der Waals surface area contributed by atoms with E-state index in [1.807, 2.05) is 0 Å². The van der Waals surface area contributed by atoms with Crippen LogP contribution in [0.4, 0.5) is 5.82 Å². The summed E-state index contributed by atoms with van der Waals surface area (Å²) in [7, 11) is -1.78. The molecule has 8 nitrogen and oxygen atoms in total. The van der Waals surface area contributed by atoms with Crippen molar-refractivity contribution in [3.05, 3.63) is 48.2 Å². The van der Waals surface area contributed by atoms with Crippen LogP contribution in [0.5, 0.6) is 5.75 Å². The fraction of sp³-hybridized carbons (Fsp3) is 0.381. The highest BCUT2D eigenvalue weighted by Crippen LogP contribution is 2.22. The van der Waals surface area contributed by atoms with Crippen molar-refractivity contribution in [2.75, 3.05) is 30.6 Å². The minimum absolute atomic E-state index is 0.0215. The number of hydrogen-bond donors (Lipinski definition) is 1. The molecular weight excluding hydrogens is 438 g/mol. The number of carbonyl (C=O) groups is 2. The molecule has 0 amide bonds. The lowest BCUT2D eigenvalue weighted by atomic mass is 10.1. The second-order valence-corrected chi connectivity index (χ2v) is 10.2. The number of carbonyl (C=O) groups excluding carboxylic acids is 2. The van der Waals surface area contributed by atoms with Crippen LogP contribution in [0.2, 0.25) is 0 Å². The van der Waals surface area contributed by atoms with Crippen LogP contribution in [0.25, 0.3) is 0 Å². The third-order valence-electron chi connectivity index (χ3n) is 4.75. The number of ketones is 1. The van der Waals surface area contributed by atoms with Gasteiger partial charge >= 0.3 is 0 Å². The van der Waals surface area contributed by atoms with E-state index in [0.29, 0.717) is 11.3 Å². The normalized spacial score (nSPS) is 17.2. The van der Waals surface area contributed by atoms with Gasteiger partial charge in [-0.3, -0.25) is 14.3 Å². The maximum Gasteiger partial charge on any atom is 0.263 e. The van der Waals surface area contributed by atoms with E-state index in [0.717, 1.165) is 37.7 Å². The Balaban J connectivity index is 1.61. The summed E-state index contributed by atoms with van der Waals surface area (Å²) >= 11 is 0.917. The van der Waals surface area contributed by atoms with Crippen LogP contribution >= 0.6 is 11.8 Å². The molecule has 1 saturated heterocycles. The third kappa shape index (κ3) is 6.78. The van der Waals surface area contributed by atoms with Crippen molar-refractivity contribution >= 4 is 38.5 Å². The number of ether oxygens (including phenoxy) is 1. The van der Waals surface area contributed by atoms with Gasteiger partial charge in [-0.15, -0.1) is 0 Å². The number of pyridine rings is 1. The number of benzene rings is 1. The van der Waals surface area contributed by atoms with E-state index in [-0.39, 0.29) is 33.5 Å². The van der Waals surface area contributed by atoms with Gasteiger partial charge in [-0.25, -0.2) is 13.4 Å². The average molecular weight is 464 g/mol. The molecule has 0 saturated carbocycles. The monoisotopic (exact) mass is 463 g/mol. The Labute approximate surface area is 186 Å². The van der Waals surface area contributed by atoms with Gasteiger partial charge in [0.2, 0.25) is 0 Å². The Morgan fingerprint density at radius 1 is 1.23 bits per heavy atom. The quantitative estimate of drug-likeness (QED) is 0.596. The molecule has 1 N–H and O–H groups in total. The van der Waals surface area contributed by atoms with Gasteiger partial charge in [-0.1, -0.05) is 11.8 Å². The lowest BCUT2D eigenvalue weighted by Gasteiger charge is -2.30. The summed E-state index contributed by atoms with van der Waals surface area (Å²) < 4.78 is 33.6. The summed E-state index contributed by atoms with van der Waals surface area (Å²) in [5.74, 6) is 0.500. The highest BCUT2D eigenvalue weighted by Gasteiger charge is 2.20. The van der Waals surface area contributed by atoms with Crippen LogP contribution in [0.1, 0.15) is 30.1 Å². The van der Waals surface area contributed by atoms with Crippen LogP contribution in [0.3, 0.4) is 0 Å². The first kappa shape index (κ1) is 23.2. The predicted molar refractivity (Wildman–Crippen MR) is 120 cm³/mol. The highest BCUT2D eigenvalue weighted by atomic mass is 32.2. The van der Waals surface area contributed by atoms with Gasteiger partial charge in [0, 0.05) is 25.2 Å².